The Bertz CT molecular complexity index is 595. The van der Waals surface area contributed by atoms with E-state index >= 15 is 0 Å². The van der Waals surface area contributed by atoms with Gasteiger partial charge >= 0.3 is 0 Å². The molecule has 1 heterocycles. The summed E-state index contributed by atoms with van der Waals surface area (Å²) in [6, 6.07) is 6.15. The summed E-state index contributed by atoms with van der Waals surface area (Å²) in [5.41, 5.74) is 0.385. The molecule has 1 aliphatic rings. The van der Waals surface area contributed by atoms with Crippen LogP contribution < -0.4 is 4.72 Å². The number of amides is 1. The average molecular weight is 312 g/mol. The van der Waals surface area contributed by atoms with Gasteiger partial charge in [0.05, 0.1) is 18.1 Å². The number of nitrogens with zero attached hydrogens (tertiary/aromatic N) is 1. The van der Waals surface area contributed by atoms with Gasteiger partial charge in [0.1, 0.15) is 0 Å². The Morgan fingerprint density at radius 3 is 2.71 bits per heavy atom. The van der Waals surface area contributed by atoms with Gasteiger partial charge in [-0.05, 0) is 24.6 Å². The molecule has 116 valence electrons. The molecule has 6 nitrogen and oxygen atoms in total. The van der Waals surface area contributed by atoms with Crippen LogP contribution in [-0.2, 0) is 14.8 Å². The first-order valence-electron chi connectivity index (χ1n) is 7.01. The Labute approximate surface area is 125 Å². The molecule has 0 aromatic heterocycles. The van der Waals surface area contributed by atoms with Crippen LogP contribution in [0.2, 0.25) is 0 Å². The highest BCUT2D eigenvalue weighted by atomic mass is 32.2. The van der Waals surface area contributed by atoms with Crippen LogP contribution in [-0.4, -0.2) is 52.1 Å². The van der Waals surface area contributed by atoms with E-state index in [-0.39, 0.29) is 10.8 Å². The van der Waals surface area contributed by atoms with Gasteiger partial charge in [0.25, 0.3) is 5.91 Å². The molecule has 0 spiro atoms. The van der Waals surface area contributed by atoms with Crippen LogP contribution in [0.25, 0.3) is 0 Å². The second-order valence-corrected chi connectivity index (χ2v) is 6.60. The number of hydrogen-bond acceptors (Lipinski definition) is 4. The fourth-order valence-electron chi connectivity index (χ4n) is 2.07. The lowest BCUT2D eigenvalue weighted by atomic mass is 10.2. The Kier molecular flexibility index (Phi) is 5.33. The van der Waals surface area contributed by atoms with Gasteiger partial charge in [-0.3, -0.25) is 4.79 Å². The number of hydrogen-bond donors (Lipinski definition) is 1. The van der Waals surface area contributed by atoms with Crippen molar-refractivity contribution in [2.24, 2.45) is 0 Å². The van der Waals surface area contributed by atoms with Gasteiger partial charge in [-0.2, -0.15) is 0 Å². The number of rotatable bonds is 5. The van der Waals surface area contributed by atoms with E-state index in [1.165, 1.54) is 12.1 Å². The molecule has 1 aromatic carbocycles. The third-order valence-corrected chi connectivity index (χ3v) is 4.69. The number of sulfonamides is 1. The van der Waals surface area contributed by atoms with Crippen LogP contribution in [0.1, 0.15) is 23.7 Å². The lowest BCUT2D eigenvalue weighted by Gasteiger charge is -2.27. The second-order valence-electron chi connectivity index (χ2n) is 4.83. The topological polar surface area (TPSA) is 75.7 Å². The number of carbonyl (C=O) groups excluding carboxylic acids is 1. The summed E-state index contributed by atoms with van der Waals surface area (Å²) in [5, 5.41) is 0. The summed E-state index contributed by atoms with van der Waals surface area (Å²) < 4.78 is 31.9. The fourth-order valence-corrected chi connectivity index (χ4v) is 3.24. The number of benzene rings is 1. The highest BCUT2D eigenvalue weighted by Crippen LogP contribution is 2.14. The third-order valence-electron chi connectivity index (χ3n) is 3.23. The molecule has 1 fully saturated rings. The van der Waals surface area contributed by atoms with Crippen LogP contribution in [0.3, 0.4) is 0 Å². The van der Waals surface area contributed by atoms with Gasteiger partial charge in [-0.1, -0.05) is 13.0 Å². The number of nitrogens with one attached hydrogen (secondary N) is 1. The van der Waals surface area contributed by atoms with Gasteiger partial charge in [-0.15, -0.1) is 0 Å². The Balaban J connectivity index is 2.19. The van der Waals surface area contributed by atoms with E-state index in [2.05, 4.69) is 4.72 Å². The van der Waals surface area contributed by atoms with Gasteiger partial charge < -0.3 is 9.64 Å². The summed E-state index contributed by atoms with van der Waals surface area (Å²) in [5.74, 6) is -0.161. The summed E-state index contributed by atoms with van der Waals surface area (Å²) in [7, 11) is -3.55. The molecule has 0 atom stereocenters. The van der Waals surface area contributed by atoms with Crippen molar-refractivity contribution in [2.45, 2.75) is 18.2 Å². The maximum atomic E-state index is 12.3. The molecule has 0 saturated carbocycles. The molecule has 21 heavy (non-hydrogen) atoms. The van der Waals surface area contributed by atoms with Crippen LogP contribution in [0.15, 0.2) is 29.2 Å². The lowest BCUT2D eigenvalue weighted by molar-refractivity contribution is 0.0302. The maximum Gasteiger partial charge on any atom is 0.254 e. The van der Waals surface area contributed by atoms with Crippen molar-refractivity contribution in [1.82, 2.24) is 9.62 Å². The van der Waals surface area contributed by atoms with Gasteiger partial charge in [0, 0.05) is 25.2 Å². The molecular formula is C14H20N2O4S. The first kappa shape index (κ1) is 15.9. The quantitative estimate of drug-likeness (QED) is 0.874. The van der Waals surface area contributed by atoms with Crippen molar-refractivity contribution in [3.63, 3.8) is 0 Å². The maximum absolute atomic E-state index is 12.3. The zero-order valence-electron chi connectivity index (χ0n) is 12.0. The van der Waals surface area contributed by atoms with E-state index in [4.69, 9.17) is 4.74 Å². The molecule has 1 aliphatic heterocycles. The Morgan fingerprint density at radius 1 is 1.33 bits per heavy atom. The minimum atomic E-state index is -3.55. The van der Waals surface area contributed by atoms with E-state index in [1.807, 2.05) is 6.92 Å². The molecule has 1 saturated heterocycles. The number of carbonyl (C=O) groups is 1. The largest absolute Gasteiger partial charge is 0.378 e. The molecule has 7 heteroatoms. The summed E-state index contributed by atoms with van der Waals surface area (Å²) >= 11 is 0. The average Bonchev–Trinajstić information content (AvgIpc) is 2.53. The molecular weight excluding hydrogens is 292 g/mol. The van der Waals surface area contributed by atoms with Crippen molar-refractivity contribution < 1.29 is 17.9 Å². The molecule has 1 N–H and O–H groups in total. The third kappa shape index (κ3) is 4.03. The number of ether oxygens (including phenoxy) is 1. The predicted octanol–water partition coefficient (Wildman–Crippen LogP) is 0.847. The van der Waals surface area contributed by atoms with Crippen LogP contribution in [0, 0.1) is 0 Å². The van der Waals surface area contributed by atoms with Gasteiger partial charge in [-0.25, -0.2) is 13.1 Å². The first-order valence-corrected chi connectivity index (χ1v) is 8.49. The Morgan fingerprint density at radius 2 is 2.05 bits per heavy atom. The van der Waals surface area contributed by atoms with Crippen molar-refractivity contribution in [3.8, 4) is 0 Å². The normalized spacial score (nSPS) is 16.0. The van der Waals surface area contributed by atoms with E-state index in [9.17, 15) is 13.2 Å². The summed E-state index contributed by atoms with van der Waals surface area (Å²) in [4.78, 5) is 14.1. The highest BCUT2D eigenvalue weighted by Gasteiger charge is 2.20. The second kappa shape index (κ2) is 7.02. The first-order chi connectivity index (χ1) is 10.0. The van der Waals surface area contributed by atoms with Crippen LogP contribution in [0.4, 0.5) is 0 Å². The van der Waals surface area contributed by atoms with Crippen LogP contribution >= 0.6 is 0 Å². The molecule has 2 rings (SSSR count). The Hall–Kier alpha value is -1.44. The zero-order chi connectivity index (χ0) is 15.3. The van der Waals surface area contributed by atoms with Crippen LogP contribution in [0.5, 0.6) is 0 Å². The van der Waals surface area contributed by atoms with E-state index < -0.39 is 10.0 Å². The standard InChI is InChI=1S/C14H20N2O4S/c1-2-6-15-21(18,19)13-5-3-4-12(11-13)14(17)16-7-9-20-10-8-16/h3-5,11,15H,2,6-10H2,1H3. The van der Waals surface area contributed by atoms with E-state index in [0.29, 0.717) is 44.8 Å². The van der Waals surface area contributed by atoms with E-state index in [1.54, 1.807) is 17.0 Å². The summed E-state index contributed by atoms with van der Waals surface area (Å²) in [6.07, 6.45) is 0.714. The fraction of sp³-hybridized carbons (Fsp3) is 0.500. The molecule has 0 bridgehead atoms. The number of morpholine rings is 1. The van der Waals surface area contributed by atoms with Crippen molar-refractivity contribution in [3.05, 3.63) is 29.8 Å². The van der Waals surface area contributed by atoms with E-state index in [0.717, 1.165) is 0 Å². The van der Waals surface area contributed by atoms with Gasteiger partial charge in [0.2, 0.25) is 10.0 Å². The SMILES string of the molecule is CCCNS(=O)(=O)c1cccc(C(=O)N2CCOCC2)c1. The molecule has 0 radical (unpaired) electrons. The highest BCUT2D eigenvalue weighted by molar-refractivity contribution is 7.89. The van der Waals surface area contributed by atoms with Crippen molar-refractivity contribution >= 4 is 15.9 Å². The van der Waals surface area contributed by atoms with Crippen molar-refractivity contribution in [1.29, 1.82) is 0 Å². The molecule has 0 unspecified atom stereocenters. The summed E-state index contributed by atoms with van der Waals surface area (Å²) in [6.45, 7) is 4.36. The zero-order valence-corrected chi connectivity index (χ0v) is 12.9. The minimum absolute atomic E-state index is 0.120. The van der Waals surface area contributed by atoms with Gasteiger partial charge in [0.15, 0.2) is 0 Å². The van der Waals surface area contributed by atoms with Crippen molar-refractivity contribution in [2.75, 3.05) is 32.8 Å². The molecule has 0 aliphatic carbocycles. The monoisotopic (exact) mass is 312 g/mol. The minimum Gasteiger partial charge on any atom is -0.378 e. The smallest absolute Gasteiger partial charge is 0.254 e. The predicted molar refractivity (Wildman–Crippen MR) is 78.6 cm³/mol. The molecule has 1 aromatic rings. The molecule has 1 amide bonds. The lowest BCUT2D eigenvalue weighted by Crippen LogP contribution is -2.40.